The summed E-state index contributed by atoms with van der Waals surface area (Å²) in [6, 6.07) is 17.3. The molecule has 0 bridgehead atoms. The zero-order valence-corrected chi connectivity index (χ0v) is 17.1. The molecule has 0 saturated heterocycles. The van der Waals surface area contributed by atoms with Crippen LogP contribution in [0, 0.1) is 0 Å². The van der Waals surface area contributed by atoms with Crippen LogP contribution in [0.4, 0.5) is 0 Å². The smallest absolute Gasteiger partial charge is 0.138 e. The molecule has 2 heterocycles. The van der Waals surface area contributed by atoms with Crippen molar-refractivity contribution in [2.24, 2.45) is 0 Å². The van der Waals surface area contributed by atoms with Gasteiger partial charge in [0.1, 0.15) is 11.6 Å². The molecular weight excluding hydrogens is 410 g/mol. The van der Waals surface area contributed by atoms with Gasteiger partial charge in [0, 0.05) is 34.1 Å². The molecule has 1 aliphatic heterocycles. The van der Waals surface area contributed by atoms with Gasteiger partial charge in [-0.15, -0.1) is 0 Å². The molecule has 7 heteroatoms. The van der Waals surface area contributed by atoms with Crippen molar-refractivity contribution >= 4 is 35.3 Å². The van der Waals surface area contributed by atoms with E-state index in [1.54, 1.807) is 42.2 Å². The van der Waals surface area contributed by atoms with Gasteiger partial charge < -0.3 is 10.4 Å². The number of aliphatic hydroxyl groups excluding tert-OH is 1. The zero-order chi connectivity index (χ0) is 19.3. The molecule has 142 valence electrons. The van der Waals surface area contributed by atoms with E-state index in [0.29, 0.717) is 5.02 Å². The summed E-state index contributed by atoms with van der Waals surface area (Å²) in [4.78, 5) is 5.26. The number of hydrogen-bond donors (Lipinski definition) is 3. The number of nitrogens with one attached hydrogen (secondary N) is 2. The fraction of sp³-hybridized carbons (Fsp3) is 0.0952. The van der Waals surface area contributed by atoms with E-state index in [1.807, 2.05) is 60.1 Å². The molecule has 0 spiro atoms. The Morgan fingerprint density at radius 3 is 2.75 bits per heavy atom. The summed E-state index contributed by atoms with van der Waals surface area (Å²) in [5.41, 5.74) is 3.60. The number of benzene rings is 2. The molecule has 0 radical (unpaired) electrons. The standard InChI is InChI=1S/C21H18ClN3OS2/c22-16-5-8-18(19(12-16)15-2-1-9-23-13-15)20(26)14-3-6-17(7-4-14)28-25-21-24-10-11-27-21/h1-13,20-21,24-26H. The molecule has 0 amide bonds. The van der Waals surface area contributed by atoms with Gasteiger partial charge in [0.2, 0.25) is 0 Å². The fourth-order valence-corrected chi connectivity index (χ4v) is 4.50. The second-order valence-corrected chi connectivity index (χ2v) is 8.51. The van der Waals surface area contributed by atoms with Crippen molar-refractivity contribution in [2.75, 3.05) is 0 Å². The zero-order valence-electron chi connectivity index (χ0n) is 14.7. The fourth-order valence-electron chi connectivity index (χ4n) is 2.90. The number of aliphatic hydroxyl groups is 1. The summed E-state index contributed by atoms with van der Waals surface area (Å²) >= 11 is 9.45. The maximum atomic E-state index is 11.0. The highest BCUT2D eigenvalue weighted by Gasteiger charge is 2.17. The van der Waals surface area contributed by atoms with Crippen LogP contribution in [-0.2, 0) is 0 Å². The molecule has 0 saturated carbocycles. The van der Waals surface area contributed by atoms with E-state index in [2.05, 4.69) is 15.0 Å². The van der Waals surface area contributed by atoms with E-state index in [0.717, 1.165) is 27.1 Å². The van der Waals surface area contributed by atoms with Crippen molar-refractivity contribution in [2.45, 2.75) is 16.5 Å². The molecule has 0 fully saturated rings. The maximum absolute atomic E-state index is 11.0. The molecule has 4 nitrogen and oxygen atoms in total. The molecule has 3 aromatic rings. The third-order valence-electron chi connectivity index (χ3n) is 4.29. The minimum absolute atomic E-state index is 0.173. The SMILES string of the molecule is OC(c1ccc(SNC2NC=CS2)cc1)c1ccc(Cl)cc1-c1cccnc1. The Hall–Kier alpha value is -1.96. The summed E-state index contributed by atoms with van der Waals surface area (Å²) in [5, 5.41) is 16.9. The molecule has 0 aliphatic carbocycles. The first-order valence-electron chi connectivity index (χ1n) is 8.67. The first-order valence-corrected chi connectivity index (χ1v) is 10.8. The van der Waals surface area contributed by atoms with Crippen LogP contribution in [0.3, 0.4) is 0 Å². The summed E-state index contributed by atoms with van der Waals surface area (Å²) in [6.45, 7) is 0. The predicted octanol–water partition coefficient (Wildman–Crippen LogP) is 5.17. The Morgan fingerprint density at radius 2 is 2.04 bits per heavy atom. The first kappa shape index (κ1) is 19.4. The van der Waals surface area contributed by atoms with E-state index in [1.165, 1.54) is 0 Å². The second kappa shape index (κ2) is 9.03. The van der Waals surface area contributed by atoms with Crippen LogP contribution in [0.5, 0.6) is 0 Å². The molecular formula is C21H18ClN3OS2. The van der Waals surface area contributed by atoms with E-state index in [-0.39, 0.29) is 5.50 Å². The van der Waals surface area contributed by atoms with Gasteiger partial charge in [-0.3, -0.25) is 4.98 Å². The first-order chi connectivity index (χ1) is 13.7. The third kappa shape index (κ3) is 4.54. The topological polar surface area (TPSA) is 57.2 Å². The second-order valence-electron chi connectivity index (χ2n) is 6.15. The number of aromatic nitrogens is 1. The largest absolute Gasteiger partial charge is 0.384 e. The van der Waals surface area contributed by atoms with Gasteiger partial charge in [-0.25, -0.2) is 4.72 Å². The normalized spacial score (nSPS) is 16.7. The lowest BCUT2D eigenvalue weighted by Gasteiger charge is -2.17. The molecule has 4 rings (SSSR count). The number of thioether (sulfide) groups is 1. The van der Waals surface area contributed by atoms with E-state index < -0.39 is 6.10 Å². The van der Waals surface area contributed by atoms with E-state index in [9.17, 15) is 5.11 Å². The van der Waals surface area contributed by atoms with Crippen molar-refractivity contribution < 1.29 is 5.11 Å². The van der Waals surface area contributed by atoms with E-state index in [4.69, 9.17) is 11.6 Å². The summed E-state index contributed by atoms with van der Waals surface area (Å²) in [7, 11) is 0. The van der Waals surface area contributed by atoms with Crippen LogP contribution in [-0.4, -0.2) is 15.6 Å². The van der Waals surface area contributed by atoms with Gasteiger partial charge >= 0.3 is 0 Å². The Labute approximate surface area is 177 Å². The van der Waals surface area contributed by atoms with Crippen molar-refractivity contribution in [3.63, 3.8) is 0 Å². The molecule has 2 atom stereocenters. The Morgan fingerprint density at radius 1 is 1.18 bits per heavy atom. The Balaban J connectivity index is 1.53. The number of pyridine rings is 1. The summed E-state index contributed by atoms with van der Waals surface area (Å²) in [5.74, 6) is 0. The number of rotatable bonds is 6. The lowest BCUT2D eigenvalue weighted by Crippen LogP contribution is -2.28. The van der Waals surface area contributed by atoms with Crippen LogP contribution >= 0.6 is 35.3 Å². The molecule has 2 unspecified atom stereocenters. The monoisotopic (exact) mass is 427 g/mol. The molecule has 2 aromatic carbocycles. The molecule has 1 aromatic heterocycles. The molecule has 1 aliphatic rings. The van der Waals surface area contributed by atoms with E-state index >= 15 is 0 Å². The highest BCUT2D eigenvalue weighted by Crippen LogP contribution is 2.34. The number of nitrogens with zero attached hydrogens (tertiary/aromatic N) is 1. The van der Waals surface area contributed by atoms with Crippen LogP contribution < -0.4 is 10.0 Å². The van der Waals surface area contributed by atoms with Crippen LogP contribution in [0.25, 0.3) is 11.1 Å². The Bertz CT molecular complexity index is 959. The van der Waals surface area contributed by atoms with Crippen LogP contribution in [0.1, 0.15) is 17.2 Å². The predicted molar refractivity (Wildman–Crippen MR) is 118 cm³/mol. The summed E-state index contributed by atoms with van der Waals surface area (Å²) < 4.78 is 3.34. The van der Waals surface area contributed by atoms with Crippen molar-refractivity contribution in [1.29, 1.82) is 0 Å². The number of hydrogen-bond acceptors (Lipinski definition) is 6. The maximum Gasteiger partial charge on any atom is 0.138 e. The van der Waals surface area contributed by atoms with Crippen LogP contribution in [0.15, 0.2) is 83.5 Å². The van der Waals surface area contributed by atoms with Crippen molar-refractivity contribution in [1.82, 2.24) is 15.0 Å². The van der Waals surface area contributed by atoms with Crippen molar-refractivity contribution in [3.8, 4) is 11.1 Å². The van der Waals surface area contributed by atoms with Gasteiger partial charge in [0.25, 0.3) is 0 Å². The van der Waals surface area contributed by atoms with Gasteiger partial charge in [-0.1, -0.05) is 47.6 Å². The lowest BCUT2D eigenvalue weighted by atomic mass is 9.93. The van der Waals surface area contributed by atoms with Gasteiger partial charge in [-0.05, 0) is 64.4 Å². The number of halogens is 1. The minimum Gasteiger partial charge on any atom is -0.384 e. The highest BCUT2D eigenvalue weighted by atomic mass is 35.5. The molecule has 3 N–H and O–H groups in total. The third-order valence-corrected chi connectivity index (χ3v) is 6.36. The minimum atomic E-state index is -0.754. The van der Waals surface area contributed by atoms with Crippen LogP contribution in [0.2, 0.25) is 5.02 Å². The lowest BCUT2D eigenvalue weighted by molar-refractivity contribution is 0.221. The van der Waals surface area contributed by atoms with Gasteiger partial charge in [0.05, 0.1) is 0 Å². The summed E-state index contributed by atoms with van der Waals surface area (Å²) in [6.07, 6.45) is 4.67. The average Bonchev–Trinajstić information content (AvgIpc) is 3.26. The van der Waals surface area contributed by atoms with Gasteiger partial charge in [-0.2, -0.15) is 0 Å². The van der Waals surface area contributed by atoms with Gasteiger partial charge in [0.15, 0.2) is 0 Å². The highest BCUT2D eigenvalue weighted by molar-refractivity contribution is 8.04. The average molecular weight is 428 g/mol. The van der Waals surface area contributed by atoms with Crippen molar-refractivity contribution in [3.05, 3.63) is 94.7 Å². The molecule has 28 heavy (non-hydrogen) atoms. The Kier molecular flexibility index (Phi) is 6.24. The quantitative estimate of drug-likeness (QED) is 0.472.